The first-order valence-corrected chi connectivity index (χ1v) is 7.84. The number of nitrogens with zero attached hydrogens (tertiary/aromatic N) is 1. The Kier molecular flexibility index (Phi) is 4.34. The summed E-state index contributed by atoms with van der Waals surface area (Å²) in [5.74, 6) is -0.532. The molecule has 0 spiro atoms. The Bertz CT molecular complexity index is 830. The summed E-state index contributed by atoms with van der Waals surface area (Å²) < 4.78 is 12.8. The average molecular weight is 327 g/mol. The summed E-state index contributed by atoms with van der Waals surface area (Å²) in [5.41, 5.74) is 8.62. The summed E-state index contributed by atoms with van der Waals surface area (Å²) in [6.07, 6.45) is 0.163. The number of aromatic nitrogens is 1. The molecule has 0 aliphatic heterocycles. The molecular weight excluding hydrogens is 313 g/mol. The molecule has 2 aromatic carbocycles. The minimum absolute atomic E-state index is 0.163. The number of hydrogen-bond donors (Lipinski definition) is 2. The molecule has 0 bridgehead atoms. The number of hydrogen-bond acceptors (Lipinski definition) is 4. The topological polar surface area (TPSA) is 68.0 Å². The lowest BCUT2D eigenvalue weighted by atomic mass is 10.2. The average Bonchev–Trinajstić information content (AvgIpc) is 2.98. The van der Waals surface area contributed by atoms with Crippen LogP contribution in [-0.4, -0.2) is 10.9 Å². The standard InChI is InChI=1S/C17H14FN3OS/c18-12-4-6-14(7-5-12)20-16(22)9-15-10-23-17(21-15)11-2-1-3-13(19)8-11/h1-8,10H,9,19H2,(H,20,22). The fraction of sp³-hybridized carbons (Fsp3) is 0.0588. The Balaban J connectivity index is 1.66. The van der Waals surface area contributed by atoms with Crippen LogP contribution in [0.15, 0.2) is 53.9 Å². The normalized spacial score (nSPS) is 10.5. The number of nitrogens with one attached hydrogen (secondary N) is 1. The first kappa shape index (κ1) is 15.2. The molecule has 0 atom stereocenters. The molecule has 0 saturated carbocycles. The minimum atomic E-state index is -0.339. The Hall–Kier alpha value is -2.73. The molecule has 6 heteroatoms. The van der Waals surface area contributed by atoms with Crippen LogP contribution in [0.25, 0.3) is 10.6 Å². The van der Waals surface area contributed by atoms with Gasteiger partial charge in [0.1, 0.15) is 10.8 Å². The van der Waals surface area contributed by atoms with Crippen molar-refractivity contribution in [1.82, 2.24) is 4.98 Å². The van der Waals surface area contributed by atoms with Gasteiger partial charge in [-0.15, -0.1) is 11.3 Å². The number of nitrogens with two attached hydrogens (primary N) is 1. The summed E-state index contributed by atoms with van der Waals surface area (Å²) in [7, 11) is 0. The second-order valence-corrected chi connectivity index (χ2v) is 5.86. The van der Waals surface area contributed by atoms with Gasteiger partial charge in [0.05, 0.1) is 12.1 Å². The second-order valence-electron chi connectivity index (χ2n) is 5.00. The van der Waals surface area contributed by atoms with Gasteiger partial charge in [-0.1, -0.05) is 12.1 Å². The molecule has 0 radical (unpaired) electrons. The molecule has 0 aliphatic carbocycles. The summed E-state index contributed by atoms with van der Waals surface area (Å²) in [5, 5.41) is 5.39. The predicted molar refractivity (Wildman–Crippen MR) is 90.7 cm³/mol. The van der Waals surface area contributed by atoms with Gasteiger partial charge in [0.15, 0.2) is 0 Å². The molecule has 3 aromatic rings. The highest BCUT2D eigenvalue weighted by atomic mass is 32.1. The van der Waals surface area contributed by atoms with Crippen molar-refractivity contribution in [1.29, 1.82) is 0 Å². The zero-order valence-corrected chi connectivity index (χ0v) is 12.9. The zero-order valence-electron chi connectivity index (χ0n) is 12.1. The van der Waals surface area contributed by atoms with Crippen LogP contribution in [0.4, 0.5) is 15.8 Å². The second kappa shape index (κ2) is 6.58. The maximum Gasteiger partial charge on any atom is 0.230 e. The van der Waals surface area contributed by atoms with E-state index in [1.54, 1.807) is 0 Å². The minimum Gasteiger partial charge on any atom is -0.399 e. The number of carbonyl (C=O) groups is 1. The summed E-state index contributed by atoms with van der Waals surface area (Å²) in [6, 6.07) is 13.1. The smallest absolute Gasteiger partial charge is 0.230 e. The Morgan fingerprint density at radius 3 is 2.74 bits per heavy atom. The van der Waals surface area contributed by atoms with E-state index in [1.165, 1.54) is 35.6 Å². The SMILES string of the molecule is Nc1cccc(-c2nc(CC(=O)Nc3ccc(F)cc3)cs2)c1. The predicted octanol–water partition coefficient (Wildman–Crippen LogP) is 3.71. The van der Waals surface area contributed by atoms with Gasteiger partial charge < -0.3 is 11.1 Å². The highest BCUT2D eigenvalue weighted by Crippen LogP contribution is 2.25. The molecule has 0 fully saturated rings. The fourth-order valence-corrected chi connectivity index (χ4v) is 2.91. The van der Waals surface area contributed by atoms with Crippen LogP contribution in [-0.2, 0) is 11.2 Å². The molecule has 0 unspecified atom stereocenters. The lowest BCUT2D eigenvalue weighted by Crippen LogP contribution is -2.14. The van der Waals surface area contributed by atoms with Crippen molar-refractivity contribution < 1.29 is 9.18 Å². The number of rotatable bonds is 4. The van der Waals surface area contributed by atoms with E-state index in [1.807, 2.05) is 29.6 Å². The van der Waals surface area contributed by atoms with Gasteiger partial charge >= 0.3 is 0 Å². The van der Waals surface area contributed by atoms with Crippen LogP contribution in [0.2, 0.25) is 0 Å². The quantitative estimate of drug-likeness (QED) is 0.718. The number of halogens is 1. The lowest BCUT2D eigenvalue weighted by Gasteiger charge is -2.03. The molecule has 0 aliphatic rings. The van der Waals surface area contributed by atoms with Crippen LogP contribution in [0.1, 0.15) is 5.69 Å². The Labute approximate surface area is 136 Å². The molecule has 3 N–H and O–H groups in total. The van der Waals surface area contributed by atoms with Crippen LogP contribution < -0.4 is 11.1 Å². The number of thiazole rings is 1. The maximum absolute atomic E-state index is 12.8. The van der Waals surface area contributed by atoms with E-state index in [2.05, 4.69) is 10.3 Å². The van der Waals surface area contributed by atoms with Gasteiger partial charge in [0, 0.05) is 22.3 Å². The van der Waals surface area contributed by atoms with Crippen LogP contribution >= 0.6 is 11.3 Å². The molecular formula is C17H14FN3OS. The van der Waals surface area contributed by atoms with Crippen molar-refractivity contribution in [2.24, 2.45) is 0 Å². The highest BCUT2D eigenvalue weighted by Gasteiger charge is 2.09. The molecule has 0 saturated heterocycles. The van der Waals surface area contributed by atoms with Crippen LogP contribution in [0, 0.1) is 5.82 Å². The van der Waals surface area contributed by atoms with Crippen molar-refractivity contribution in [3.63, 3.8) is 0 Å². The van der Waals surface area contributed by atoms with Crippen molar-refractivity contribution in [3.8, 4) is 10.6 Å². The number of amides is 1. The maximum atomic E-state index is 12.8. The zero-order chi connectivity index (χ0) is 16.2. The van der Waals surface area contributed by atoms with E-state index in [-0.39, 0.29) is 18.1 Å². The van der Waals surface area contributed by atoms with Crippen molar-refractivity contribution in [3.05, 3.63) is 65.4 Å². The molecule has 4 nitrogen and oxygen atoms in total. The summed E-state index contributed by atoms with van der Waals surface area (Å²) in [4.78, 5) is 16.5. The van der Waals surface area contributed by atoms with Crippen molar-refractivity contribution in [2.45, 2.75) is 6.42 Å². The van der Waals surface area contributed by atoms with E-state index in [9.17, 15) is 9.18 Å². The number of anilines is 2. The summed E-state index contributed by atoms with van der Waals surface area (Å²) >= 11 is 1.47. The van der Waals surface area contributed by atoms with Gasteiger partial charge in [-0.05, 0) is 36.4 Å². The van der Waals surface area contributed by atoms with Gasteiger partial charge in [-0.2, -0.15) is 0 Å². The van der Waals surface area contributed by atoms with Crippen LogP contribution in [0.3, 0.4) is 0 Å². The third-order valence-electron chi connectivity index (χ3n) is 3.15. The van der Waals surface area contributed by atoms with E-state index < -0.39 is 0 Å². The van der Waals surface area contributed by atoms with E-state index in [0.717, 1.165) is 10.6 Å². The number of nitrogen functional groups attached to an aromatic ring is 1. The third kappa shape index (κ3) is 3.92. The van der Waals surface area contributed by atoms with Gasteiger partial charge in [-0.25, -0.2) is 9.37 Å². The monoisotopic (exact) mass is 327 g/mol. The molecule has 1 aromatic heterocycles. The Morgan fingerprint density at radius 2 is 2.00 bits per heavy atom. The molecule has 1 heterocycles. The largest absolute Gasteiger partial charge is 0.399 e. The van der Waals surface area contributed by atoms with Gasteiger partial charge in [0.25, 0.3) is 0 Å². The highest BCUT2D eigenvalue weighted by molar-refractivity contribution is 7.13. The van der Waals surface area contributed by atoms with E-state index >= 15 is 0 Å². The summed E-state index contributed by atoms with van der Waals surface area (Å²) in [6.45, 7) is 0. The lowest BCUT2D eigenvalue weighted by molar-refractivity contribution is -0.115. The van der Waals surface area contributed by atoms with Gasteiger partial charge in [-0.3, -0.25) is 4.79 Å². The number of carbonyl (C=O) groups excluding carboxylic acids is 1. The third-order valence-corrected chi connectivity index (χ3v) is 4.10. The van der Waals surface area contributed by atoms with Crippen molar-refractivity contribution in [2.75, 3.05) is 11.1 Å². The van der Waals surface area contributed by atoms with Crippen LogP contribution in [0.5, 0.6) is 0 Å². The number of benzene rings is 2. The molecule has 3 rings (SSSR count). The van der Waals surface area contributed by atoms with E-state index in [4.69, 9.17) is 5.73 Å². The fourth-order valence-electron chi connectivity index (χ4n) is 2.10. The first-order chi connectivity index (χ1) is 11.1. The first-order valence-electron chi connectivity index (χ1n) is 6.96. The Morgan fingerprint density at radius 1 is 1.22 bits per heavy atom. The molecule has 23 heavy (non-hydrogen) atoms. The van der Waals surface area contributed by atoms with Crippen molar-refractivity contribution >= 4 is 28.6 Å². The van der Waals surface area contributed by atoms with Gasteiger partial charge in [0.2, 0.25) is 5.91 Å². The van der Waals surface area contributed by atoms with E-state index in [0.29, 0.717) is 17.1 Å². The molecule has 116 valence electrons. The molecule has 1 amide bonds.